The highest BCUT2D eigenvalue weighted by Gasteiger charge is 2.15. The van der Waals surface area contributed by atoms with Crippen molar-refractivity contribution < 1.29 is 4.74 Å². The molecule has 0 spiro atoms. The van der Waals surface area contributed by atoms with Gasteiger partial charge in [0.05, 0.1) is 24.4 Å². The number of aromatic nitrogens is 1. The molecule has 1 rings (SSSR count). The fourth-order valence-corrected chi connectivity index (χ4v) is 2.53. The van der Waals surface area contributed by atoms with Gasteiger partial charge in [0.25, 0.3) is 0 Å². The predicted molar refractivity (Wildman–Crippen MR) is 72.5 cm³/mol. The minimum atomic E-state index is 0.102. The van der Waals surface area contributed by atoms with Crippen molar-refractivity contribution in [2.24, 2.45) is 0 Å². The second-order valence-corrected chi connectivity index (χ2v) is 5.51. The van der Waals surface area contributed by atoms with Crippen molar-refractivity contribution >= 4 is 31.9 Å². The van der Waals surface area contributed by atoms with Gasteiger partial charge in [-0.05, 0) is 58.8 Å². The van der Waals surface area contributed by atoms with Crippen LogP contribution in [0, 0.1) is 0 Å². The van der Waals surface area contributed by atoms with Gasteiger partial charge in [-0.25, -0.2) is 0 Å². The Morgan fingerprint density at radius 2 is 2.12 bits per heavy atom. The number of nitrogens with zero attached hydrogens (tertiary/aromatic N) is 1. The highest BCUT2D eigenvalue weighted by Crippen LogP contribution is 2.24. The van der Waals surface area contributed by atoms with E-state index in [0.717, 1.165) is 14.6 Å². The normalized spacial score (nSPS) is 13.1. The van der Waals surface area contributed by atoms with Crippen LogP contribution in [-0.2, 0) is 4.74 Å². The molecule has 0 saturated heterocycles. The van der Waals surface area contributed by atoms with Gasteiger partial charge in [0.1, 0.15) is 0 Å². The average Bonchev–Trinajstić information content (AvgIpc) is 2.21. The van der Waals surface area contributed by atoms with Crippen molar-refractivity contribution in [2.75, 3.05) is 13.7 Å². The Balaban J connectivity index is 2.78. The number of hydrogen-bond donors (Lipinski definition) is 1. The lowest BCUT2D eigenvalue weighted by Gasteiger charge is -2.18. The standard InChI is InChI=1S/C11H16Br2N2O/c1-7(2)16-6-10(14-3)11-9(13)4-8(12)5-15-11/h4-5,7,10,14H,6H2,1-3H3. The minimum Gasteiger partial charge on any atom is -0.377 e. The van der Waals surface area contributed by atoms with E-state index >= 15 is 0 Å². The summed E-state index contributed by atoms with van der Waals surface area (Å²) in [6.07, 6.45) is 2.02. The van der Waals surface area contributed by atoms with E-state index in [1.165, 1.54) is 0 Å². The summed E-state index contributed by atoms with van der Waals surface area (Å²) in [6, 6.07) is 2.09. The smallest absolute Gasteiger partial charge is 0.0742 e. The molecule has 0 amide bonds. The first-order valence-corrected chi connectivity index (χ1v) is 6.73. The van der Waals surface area contributed by atoms with Gasteiger partial charge >= 0.3 is 0 Å². The van der Waals surface area contributed by atoms with Gasteiger partial charge in [-0.3, -0.25) is 4.98 Å². The maximum atomic E-state index is 5.60. The van der Waals surface area contributed by atoms with E-state index in [1.807, 2.05) is 27.0 Å². The molecule has 0 bridgehead atoms. The quantitative estimate of drug-likeness (QED) is 0.883. The summed E-state index contributed by atoms with van der Waals surface area (Å²) in [5, 5.41) is 3.20. The van der Waals surface area contributed by atoms with Crippen molar-refractivity contribution in [3.63, 3.8) is 0 Å². The minimum absolute atomic E-state index is 0.102. The second kappa shape index (κ2) is 6.69. The summed E-state index contributed by atoms with van der Waals surface area (Å²) in [5.41, 5.74) is 0.964. The van der Waals surface area contributed by atoms with Crippen molar-refractivity contribution in [2.45, 2.75) is 26.0 Å². The SMILES string of the molecule is CNC(COC(C)C)c1ncc(Br)cc1Br. The molecular formula is C11H16Br2N2O. The Morgan fingerprint density at radius 3 is 2.62 bits per heavy atom. The molecule has 0 aliphatic rings. The summed E-state index contributed by atoms with van der Waals surface area (Å²) in [7, 11) is 1.91. The Kier molecular flexibility index (Phi) is 5.89. The van der Waals surface area contributed by atoms with Crippen LogP contribution in [0.15, 0.2) is 21.2 Å². The van der Waals surface area contributed by atoms with E-state index in [-0.39, 0.29) is 12.1 Å². The number of hydrogen-bond acceptors (Lipinski definition) is 3. The monoisotopic (exact) mass is 350 g/mol. The highest BCUT2D eigenvalue weighted by molar-refractivity contribution is 9.11. The van der Waals surface area contributed by atoms with Crippen LogP contribution >= 0.6 is 31.9 Å². The zero-order chi connectivity index (χ0) is 12.1. The lowest BCUT2D eigenvalue weighted by molar-refractivity contribution is 0.0617. The summed E-state index contributed by atoms with van der Waals surface area (Å²) in [6.45, 7) is 4.66. The van der Waals surface area contributed by atoms with E-state index in [2.05, 4.69) is 42.2 Å². The third kappa shape index (κ3) is 4.13. The fraction of sp³-hybridized carbons (Fsp3) is 0.545. The van der Waals surface area contributed by atoms with Crippen LogP contribution in [0.4, 0.5) is 0 Å². The van der Waals surface area contributed by atoms with Gasteiger partial charge in [-0.1, -0.05) is 0 Å². The molecule has 0 saturated carbocycles. The molecule has 1 aromatic heterocycles. The first-order valence-electron chi connectivity index (χ1n) is 5.14. The summed E-state index contributed by atoms with van der Waals surface area (Å²) in [5.74, 6) is 0. The molecule has 0 fully saturated rings. The maximum Gasteiger partial charge on any atom is 0.0742 e. The average molecular weight is 352 g/mol. The Labute approximate surface area is 113 Å². The molecule has 16 heavy (non-hydrogen) atoms. The zero-order valence-corrected chi connectivity index (χ0v) is 12.8. The molecule has 1 aromatic rings. The number of likely N-dealkylation sites (N-methyl/N-ethyl adjacent to an activating group) is 1. The number of rotatable bonds is 5. The summed E-state index contributed by atoms with van der Waals surface area (Å²) >= 11 is 6.89. The van der Waals surface area contributed by atoms with Crippen LogP contribution in [0.5, 0.6) is 0 Å². The maximum absolute atomic E-state index is 5.60. The molecule has 5 heteroatoms. The van der Waals surface area contributed by atoms with Crippen LogP contribution in [-0.4, -0.2) is 24.7 Å². The zero-order valence-electron chi connectivity index (χ0n) is 9.63. The molecule has 0 radical (unpaired) electrons. The third-order valence-electron chi connectivity index (χ3n) is 2.11. The van der Waals surface area contributed by atoms with E-state index in [4.69, 9.17) is 4.74 Å². The molecule has 1 unspecified atom stereocenters. The lowest BCUT2D eigenvalue weighted by Crippen LogP contribution is -2.24. The largest absolute Gasteiger partial charge is 0.377 e. The van der Waals surface area contributed by atoms with Crippen molar-refractivity contribution in [1.82, 2.24) is 10.3 Å². The molecular weight excluding hydrogens is 336 g/mol. The first kappa shape index (κ1) is 14.1. The number of nitrogens with one attached hydrogen (secondary N) is 1. The number of halogens is 2. The molecule has 1 N–H and O–H groups in total. The van der Waals surface area contributed by atoms with Gasteiger partial charge in [-0.2, -0.15) is 0 Å². The Bertz CT molecular complexity index is 345. The Hall–Kier alpha value is 0.0300. The van der Waals surface area contributed by atoms with Crippen LogP contribution in [0.25, 0.3) is 0 Å². The molecule has 1 atom stereocenters. The van der Waals surface area contributed by atoms with E-state index in [0.29, 0.717) is 6.61 Å². The Morgan fingerprint density at radius 1 is 1.44 bits per heavy atom. The first-order chi connectivity index (χ1) is 7.54. The van der Waals surface area contributed by atoms with Gasteiger partial charge in [0.15, 0.2) is 0 Å². The van der Waals surface area contributed by atoms with Crippen LogP contribution in [0.3, 0.4) is 0 Å². The fourth-order valence-electron chi connectivity index (χ4n) is 1.27. The van der Waals surface area contributed by atoms with Gasteiger partial charge in [0.2, 0.25) is 0 Å². The lowest BCUT2D eigenvalue weighted by atomic mass is 10.2. The number of ether oxygens (including phenoxy) is 1. The van der Waals surface area contributed by atoms with Crippen LogP contribution < -0.4 is 5.32 Å². The van der Waals surface area contributed by atoms with E-state index in [9.17, 15) is 0 Å². The second-order valence-electron chi connectivity index (χ2n) is 3.74. The van der Waals surface area contributed by atoms with Gasteiger partial charge < -0.3 is 10.1 Å². The van der Waals surface area contributed by atoms with Gasteiger partial charge in [-0.15, -0.1) is 0 Å². The third-order valence-corrected chi connectivity index (χ3v) is 3.18. The molecule has 3 nitrogen and oxygen atoms in total. The molecule has 0 aliphatic heterocycles. The topological polar surface area (TPSA) is 34.1 Å². The van der Waals surface area contributed by atoms with Crippen molar-refractivity contribution in [1.29, 1.82) is 0 Å². The number of pyridine rings is 1. The highest BCUT2D eigenvalue weighted by atomic mass is 79.9. The molecule has 0 aliphatic carbocycles. The van der Waals surface area contributed by atoms with Gasteiger partial charge in [0, 0.05) is 15.1 Å². The summed E-state index contributed by atoms with van der Waals surface area (Å²) < 4.78 is 7.54. The molecule has 0 aromatic carbocycles. The van der Waals surface area contributed by atoms with Crippen molar-refractivity contribution in [3.8, 4) is 0 Å². The van der Waals surface area contributed by atoms with Crippen LogP contribution in [0.1, 0.15) is 25.6 Å². The summed E-state index contributed by atoms with van der Waals surface area (Å²) in [4.78, 5) is 4.39. The van der Waals surface area contributed by atoms with Crippen molar-refractivity contribution in [3.05, 3.63) is 26.9 Å². The predicted octanol–water partition coefficient (Wildman–Crippen LogP) is 3.29. The molecule has 90 valence electrons. The van der Waals surface area contributed by atoms with E-state index in [1.54, 1.807) is 6.20 Å². The van der Waals surface area contributed by atoms with Crippen LogP contribution in [0.2, 0.25) is 0 Å². The van der Waals surface area contributed by atoms with E-state index < -0.39 is 0 Å². The molecule has 1 heterocycles.